The first-order valence-electron chi connectivity index (χ1n) is 6.28. The monoisotopic (exact) mass is 303 g/mol. The summed E-state index contributed by atoms with van der Waals surface area (Å²) < 4.78 is 7.09. The molecule has 0 fully saturated rings. The molecule has 108 valence electrons. The summed E-state index contributed by atoms with van der Waals surface area (Å²) in [6, 6.07) is 5.26. The van der Waals surface area contributed by atoms with Crippen LogP contribution in [0.5, 0.6) is 5.75 Å². The number of aromatic nitrogens is 3. The minimum absolute atomic E-state index is 0.157. The lowest BCUT2D eigenvalue weighted by Gasteiger charge is -2.05. The van der Waals surface area contributed by atoms with Gasteiger partial charge in [0.1, 0.15) is 12.4 Å². The Morgan fingerprint density at radius 2 is 2.29 bits per heavy atom. The molecule has 3 aromatic rings. The molecule has 2 aromatic heterocycles. The van der Waals surface area contributed by atoms with E-state index in [1.165, 1.54) is 16.0 Å². The summed E-state index contributed by atoms with van der Waals surface area (Å²) in [5, 5.41) is 14.0. The lowest BCUT2D eigenvalue weighted by molar-refractivity contribution is 0.0687. The predicted octanol–water partition coefficient (Wildman–Crippen LogP) is 2.62. The first-order valence-corrected chi connectivity index (χ1v) is 7.16. The lowest BCUT2D eigenvalue weighted by Crippen LogP contribution is -2.05. The van der Waals surface area contributed by atoms with Gasteiger partial charge >= 0.3 is 5.97 Å². The molecular weight excluding hydrogens is 290 g/mol. The number of aromatic carboxylic acids is 1. The van der Waals surface area contributed by atoms with Crippen LogP contribution >= 0.6 is 11.3 Å². The highest BCUT2D eigenvalue weighted by Crippen LogP contribution is 2.25. The van der Waals surface area contributed by atoms with E-state index < -0.39 is 5.97 Å². The number of aryl methyl sites for hydroxylation is 2. The number of carboxylic acids is 1. The number of benzene rings is 1. The topological polar surface area (TPSA) is 77.2 Å². The summed E-state index contributed by atoms with van der Waals surface area (Å²) in [5.41, 5.74) is 3.52. The van der Waals surface area contributed by atoms with Crippen LogP contribution < -0.4 is 4.74 Å². The highest BCUT2D eigenvalue weighted by atomic mass is 32.1. The van der Waals surface area contributed by atoms with Crippen molar-refractivity contribution in [3.05, 3.63) is 40.0 Å². The van der Waals surface area contributed by atoms with Gasteiger partial charge in [-0.25, -0.2) is 9.78 Å². The maximum absolute atomic E-state index is 11.3. The van der Waals surface area contributed by atoms with Gasteiger partial charge in [-0.3, -0.25) is 4.68 Å². The quantitative estimate of drug-likeness (QED) is 0.801. The highest BCUT2D eigenvalue weighted by Gasteiger charge is 2.16. The van der Waals surface area contributed by atoms with Crippen LogP contribution in [0.25, 0.3) is 10.9 Å². The third-order valence-corrected chi connectivity index (χ3v) is 4.13. The molecule has 0 unspecified atom stereocenters. The van der Waals surface area contributed by atoms with Crippen LogP contribution in [0.2, 0.25) is 0 Å². The van der Waals surface area contributed by atoms with Gasteiger partial charge in [0.25, 0.3) is 0 Å². The number of thiazole rings is 1. The van der Waals surface area contributed by atoms with Crippen LogP contribution in [-0.4, -0.2) is 25.8 Å². The van der Waals surface area contributed by atoms with Gasteiger partial charge in [0, 0.05) is 12.4 Å². The fourth-order valence-corrected chi connectivity index (χ4v) is 2.82. The molecule has 0 saturated heterocycles. The van der Waals surface area contributed by atoms with Crippen molar-refractivity contribution in [2.45, 2.75) is 13.5 Å². The number of rotatable bonds is 4. The highest BCUT2D eigenvalue weighted by molar-refractivity contribution is 7.09. The third kappa shape index (κ3) is 2.47. The van der Waals surface area contributed by atoms with Gasteiger partial charge in [-0.1, -0.05) is 0 Å². The van der Waals surface area contributed by atoms with E-state index in [2.05, 4.69) is 10.1 Å². The van der Waals surface area contributed by atoms with E-state index in [0.29, 0.717) is 23.3 Å². The molecule has 0 aliphatic heterocycles. The Morgan fingerprint density at radius 1 is 1.48 bits per heavy atom. The number of carbonyl (C=O) groups is 1. The molecule has 0 aliphatic rings. The molecule has 0 bridgehead atoms. The molecule has 0 atom stereocenters. The normalized spacial score (nSPS) is 11.0. The number of nitrogens with zero attached hydrogens (tertiary/aromatic N) is 3. The van der Waals surface area contributed by atoms with Crippen LogP contribution in [0.3, 0.4) is 0 Å². The molecule has 2 heterocycles. The van der Waals surface area contributed by atoms with Gasteiger partial charge in [0.15, 0.2) is 5.69 Å². The van der Waals surface area contributed by atoms with Gasteiger partial charge in [0.2, 0.25) is 0 Å². The Bertz CT molecular complexity index is 822. The van der Waals surface area contributed by atoms with E-state index >= 15 is 0 Å². The summed E-state index contributed by atoms with van der Waals surface area (Å²) in [5.74, 6) is -0.388. The largest absolute Gasteiger partial charge is 0.488 e. The molecule has 0 aliphatic carbocycles. The molecule has 0 saturated carbocycles. The zero-order valence-corrected chi connectivity index (χ0v) is 12.3. The number of carboxylic acid groups (broad SMARTS) is 1. The second-order valence-electron chi connectivity index (χ2n) is 4.61. The maximum atomic E-state index is 11.3. The first kappa shape index (κ1) is 13.6. The van der Waals surface area contributed by atoms with Crippen molar-refractivity contribution in [3.8, 4) is 5.75 Å². The Balaban J connectivity index is 1.91. The third-order valence-electron chi connectivity index (χ3n) is 3.22. The molecular formula is C14H13N3O3S. The minimum atomic E-state index is -1.00. The summed E-state index contributed by atoms with van der Waals surface area (Å²) in [6.07, 6.45) is 0. The standard InChI is InChI=1S/C14H13N3O3S/c1-8-12(21-7-15-8)6-20-9-3-4-11-10(5-9)13(14(18)19)17(2)16-11/h3-5,7H,6H2,1-2H3,(H,18,19). The molecule has 3 rings (SSSR count). The number of fused-ring (bicyclic) bond motifs is 1. The summed E-state index contributed by atoms with van der Waals surface area (Å²) in [4.78, 5) is 16.5. The number of ether oxygens (including phenoxy) is 1. The Kier molecular flexibility index (Phi) is 3.34. The average molecular weight is 303 g/mol. The molecule has 0 radical (unpaired) electrons. The zero-order valence-electron chi connectivity index (χ0n) is 11.5. The van der Waals surface area contributed by atoms with Crippen molar-refractivity contribution in [2.75, 3.05) is 0 Å². The maximum Gasteiger partial charge on any atom is 0.354 e. The van der Waals surface area contributed by atoms with E-state index in [0.717, 1.165) is 10.6 Å². The Labute approximate surface area is 124 Å². The first-order chi connectivity index (χ1) is 10.1. The van der Waals surface area contributed by atoms with E-state index in [4.69, 9.17) is 4.74 Å². The SMILES string of the molecule is Cc1ncsc1COc1ccc2nn(C)c(C(=O)O)c2c1. The zero-order chi connectivity index (χ0) is 15.0. The number of hydrogen-bond acceptors (Lipinski definition) is 5. The van der Waals surface area contributed by atoms with Crippen molar-refractivity contribution in [3.63, 3.8) is 0 Å². The van der Waals surface area contributed by atoms with E-state index in [1.807, 2.05) is 6.92 Å². The molecule has 7 heteroatoms. The van der Waals surface area contributed by atoms with Crippen molar-refractivity contribution < 1.29 is 14.6 Å². The van der Waals surface area contributed by atoms with Crippen LogP contribution in [0, 0.1) is 6.92 Å². The summed E-state index contributed by atoms with van der Waals surface area (Å²) in [7, 11) is 1.62. The van der Waals surface area contributed by atoms with Crippen LogP contribution in [0.15, 0.2) is 23.7 Å². The van der Waals surface area contributed by atoms with Crippen molar-refractivity contribution in [1.82, 2.24) is 14.8 Å². The summed E-state index contributed by atoms with van der Waals surface area (Å²) in [6.45, 7) is 2.35. The second-order valence-corrected chi connectivity index (χ2v) is 5.55. The van der Waals surface area contributed by atoms with Crippen molar-refractivity contribution in [2.24, 2.45) is 7.05 Å². The van der Waals surface area contributed by atoms with E-state index in [1.54, 1.807) is 30.8 Å². The molecule has 1 N–H and O–H groups in total. The fraction of sp³-hybridized carbons (Fsp3) is 0.214. The van der Waals surface area contributed by atoms with Gasteiger partial charge in [-0.15, -0.1) is 11.3 Å². The predicted molar refractivity (Wildman–Crippen MR) is 78.9 cm³/mol. The van der Waals surface area contributed by atoms with E-state index in [-0.39, 0.29) is 5.69 Å². The van der Waals surface area contributed by atoms with E-state index in [9.17, 15) is 9.90 Å². The van der Waals surface area contributed by atoms with Crippen molar-refractivity contribution in [1.29, 1.82) is 0 Å². The van der Waals surface area contributed by atoms with Gasteiger partial charge in [-0.2, -0.15) is 5.10 Å². The van der Waals surface area contributed by atoms with Crippen LogP contribution in [0.4, 0.5) is 0 Å². The second kappa shape index (κ2) is 5.17. The molecule has 1 aromatic carbocycles. The summed E-state index contributed by atoms with van der Waals surface area (Å²) >= 11 is 1.54. The fourth-order valence-electron chi connectivity index (χ4n) is 2.13. The van der Waals surface area contributed by atoms with Crippen molar-refractivity contribution >= 4 is 28.2 Å². The Hall–Kier alpha value is -2.41. The lowest BCUT2D eigenvalue weighted by atomic mass is 10.2. The number of hydrogen-bond donors (Lipinski definition) is 1. The van der Waals surface area contributed by atoms with Crippen LogP contribution in [0.1, 0.15) is 21.1 Å². The molecule has 6 nitrogen and oxygen atoms in total. The molecule has 0 amide bonds. The van der Waals surface area contributed by atoms with Crippen LogP contribution in [-0.2, 0) is 13.7 Å². The minimum Gasteiger partial charge on any atom is -0.488 e. The molecule has 21 heavy (non-hydrogen) atoms. The van der Waals surface area contributed by atoms with Gasteiger partial charge in [0.05, 0.1) is 21.6 Å². The Morgan fingerprint density at radius 3 is 2.95 bits per heavy atom. The average Bonchev–Trinajstić information content (AvgIpc) is 2.98. The van der Waals surface area contributed by atoms with Gasteiger partial charge in [-0.05, 0) is 25.1 Å². The molecule has 0 spiro atoms. The van der Waals surface area contributed by atoms with Gasteiger partial charge < -0.3 is 9.84 Å². The smallest absolute Gasteiger partial charge is 0.354 e.